The smallest absolute Gasteiger partial charge is 0.0701 e. The predicted octanol–water partition coefficient (Wildman–Crippen LogP) is -0.412. The van der Waals surface area contributed by atoms with E-state index in [1.165, 1.54) is 0 Å². The summed E-state index contributed by atoms with van der Waals surface area (Å²) in [5.41, 5.74) is 5.23. The van der Waals surface area contributed by atoms with Crippen LogP contribution in [0.1, 0.15) is 6.92 Å². The lowest BCUT2D eigenvalue weighted by atomic mass is 10.6. The zero-order valence-electron chi connectivity index (χ0n) is 7.84. The SMILES string of the molecule is CCNCCOCCOCCN. The fourth-order valence-corrected chi connectivity index (χ4v) is 0.726. The first-order valence-corrected chi connectivity index (χ1v) is 4.48. The molecule has 0 aliphatic heterocycles. The van der Waals surface area contributed by atoms with E-state index >= 15 is 0 Å². The molecule has 0 heterocycles. The zero-order chi connectivity index (χ0) is 9.07. The molecule has 0 rings (SSSR count). The number of nitrogens with two attached hydrogens (primary N) is 1. The highest BCUT2D eigenvalue weighted by molar-refractivity contribution is 4.40. The van der Waals surface area contributed by atoms with E-state index in [0.717, 1.165) is 19.7 Å². The third kappa shape index (κ3) is 9.84. The molecule has 0 saturated heterocycles. The number of hydrogen-bond donors (Lipinski definition) is 2. The molecule has 0 aromatic heterocycles. The Hall–Kier alpha value is -0.160. The molecule has 0 aliphatic rings. The van der Waals surface area contributed by atoms with Crippen molar-refractivity contribution in [1.82, 2.24) is 5.32 Å². The standard InChI is InChI=1S/C8H20N2O2/c1-2-10-4-6-12-8-7-11-5-3-9/h10H,2-9H2,1H3. The Balaban J connectivity index is 2.73. The van der Waals surface area contributed by atoms with Crippen molar-refractivity contribution in [3.05, 3.63) is 0 Å². The Morgan fingerprint density at radius 2 is 1.75 bits per heavy atom. The van der Waals surface area contributed by atoms with Crippen molar-refractivity contribution in [3.63, 3.8) is 0 Å². The molecule has 4 nitrogen and oxygen atoms in total. The maximum atomic E-state index is 5.25. The molecule has 0 spiro atoms. The van der Waals surface area contributed by atoms with Gasteiger partial charge in [0.1, 0.15) is 0 Å². The second-order valence-electron chi connectivity index (χ2n) is 2.37. The summed E-state index contributed by atoms with van der Waals surface area (Å²) in [6, 6.07) is 0. The fourth-order valence-electron chi connectivity index (χ4n) is 0.726. The van der Waals surface area contributed by atoms with Crippen molar-refractivity contribution in [1.29, 1.82) is 0 Å². The van der Waals surface area contributed by atoms with Gasteiger partial charge in [-0.2, -0.15) is 0 Å². The highest BCUT2D eigenvalue weighted by Crippen LogP contribution is 1.76. The van der Waals surface area contributed by atoms with Crippen LogP contribution in [-0.4, -0.2) is 46.1 Å². The van der Waals surface area contributed by atoms with Crippen molar-refractivity contribution >= 4 is 0 Å². The lowest BCUT2D eigenvalue weighted by molar-refractivity contribution is 0.0520. The average Bonchev–Trinajstić information content (AvgIpc) is 2.10. The summed E-state index contributed by atoms with van der Waals surface area (Å²) >= 11 is 0. The normalized spacial score (nSPS) is 10.5. The van der Waals surface area contributed by atoms with E-state index in [9.17, 15) is 0 Å². The zero-order valence-corrected chi connectivity index (χ0v) is 7.84. The van der Waals surface area contributed by atoms with Crippen LogP contribution in [0.25, 0.3) is 0 Å². The number of rotatable bonds is 9. The minimum absolute atomic E-state index is 0.581. The van der Waals surface area contributed by atoms with Gasteiger partial charge in [0.25, 0.3) is 0 Å². The van der Waals surface area contributed by atoms with Gasteiger partial charge < -0.3 is 20.5 Å². The number of ether oxygens (including phenoxy) is 2. The summed E-state index contributed by atoms with van der Waals surface area (Å²) in [4.78, 5) is 0. The van der Waals surface area contributed by atoms with Crippen molar-refractivity contribution in [2.45, 2.75) is 6.92 Å². The maximum Gasteiger partial charge on any atom is 0.0701 e. The largest absolute Gasteiger partial charge is 0.378 e. The van der Waals surface area contributed by atoms with Crippen molar-refractivity contribution in [3.8, 4) is 0 Å². The van der Waals surface area contributed by atoms with Gasteiger partial charge in [-0.15, -0.1) is 0 Å². The monoisotopic (exact) mass is 176 g/mol. The lowest BCUT2D eigenvalue weighted by Gasteiger charge is -2.04. The van der Waals surface area contributed by atoms with Gasteiger partial charge in [0.2, 0.25) is 0 Å². The van der Waals surface area contributed by atoms with E-state index in [1.807, 2.05) is 0 Å². The van der Waals surface area contributed by atoms with Crippen molar-refractivity contribution < 1.29 is 9.47 Å². The van der Waals surface area contributed by atoms with Crippen molar-refractivity contribution in [2.24, 2.45) is 5.73 Å². The Labute approximate surface area is 74.4 Å². The third-order valence-electron chi connectivity index (χ3n) is 1.31. The van der Waals surface area contributed by atoms with Crippen LogP contribution in [0.3, 0.4) is 0 Å². The van der Waals surface area contributed by atoms with Crippen LogP contribution in [0.2, 0.25) is 0 Å². The summed E-state index contributed by atoms with van der Waals surface area (Å²) in [5, 5.41) is 3.16. The number of likely N-dealkylation sites (N-methyl/N-ethyl adjacent to an activating group) is 1. The van der Waals surface area contributed by atoms with Gasteiger partial charge in [-0.3, -0.25) is 0 Å². The molecule has 3 N–H and O–H groups in total. The van der Waals surface area contributed by atoms with Crippen LogP contribution in [0.15, 0.2) is 0 Å². The van der Waals surface area contributed by atoms with Crippen LogP contribution in [0.5, 0.6) is 0 Å². The molecule has 0 bridgehead atoms. The van der Waals surface area contributed by atoms with E-state index in [4.69, 9.17) is 15.2 Å². The van der Waals surface area contributed by atoms with E-state index in [0.29, 0.717) is 26.4 Å². The molecule has 0 saturated carbocycles. The van der Waals surface area contributed by atoms with Crippen LogP contribution < -0.4 is 11.1 Å². The highest BCUT2D eigenvalue weighted by atomic mass is 16.5. The van der Waals surface area contributed by atoms with Crippen LogP contribution >= 0.6 is 0 Å². The molecular formula is C8H20N2O2. The molecule has 0 unspecified atom stereocenters. The number of hydrogen-bond acceptors (Lipinski definition) is 4. The van der Waals surface area contributed by atoms with Crippen LogP contribution in [0, 0.1) is 0 Å². The van der Waals surface area contributed by atoms with E-state index in [-0.39, 0.29) is 0 Å². The number of nitrogens with one attached hydrogen (secondary N) is 1. The predicted molar refractivity (Wildman–Crippen MR) is 49.2 cm³/mol. The first kappa shape index (κ1) is 11.8. The second-order valence-corrected chi connectivity index (χ2v) is 2.37. The highest BCUT2D eigenvalue weighted by Gasteiger charge is 1.88. The van der Waals surface area contributed by atoms with Gasteiger partial charge in [-0.25, -0.2) is 0 Å². The Morgan fingerprint density at radius 3 is 2.33 bits per heavy atom. The van der Waals surface area contributed by atoms with E-state index in [2.05, 4.69) is 12.2 Å². The van der Waals surface area contributed by atoms with Gasteiger partial charge in [0.15, 0.2) is 0 Å². The molecule has 4 heteroatoms. The maximum absolute atomic E-state index is 5.25. The molecule has 12 heavy (non-hydrogen) atoms. The average molecular weight is 176 g/mol. The van der Waals surface area contributed by atoms with Gasteiger partial charge in [0, 0.05) is 13.1 Å². The van der Waals surface area contributed by atoms with Crippen LogP contribution in [-0.2, 0) is 9.47 Å². The second kappa shape index (κ2) is 10.8. The van der Waals surface area contributed by atoms with E-state index in [1.54, 1.807) is 0 Å². The summed E-state index contributed by atoms with van der Waals surface area (Å²) < 4.78 is 10.4. The molecule has 0 aromatic rings. The third-order valence-corrected chi connectivity index (χ3v) is 1.31. The summed E-state index contributed by atoms with van der Waals surface area (Å²) in [7, 11) is 0. The summed E-state index contributed by atoms with van der Waals surface area (Å²) in [6.45, 7) is 7.23. The molecule has 0 fully saturated rings. The summed E-state index contributed by atoms with van der Waals surface area (Å²) in [5.74, 6) is 0. The first-order valence-electron chi connectivity index (χ1n) is 4.48. The molecule has 0 radical (unpaired) electrons. The lowest BCUT2D eigenvalue weighted by Crippen LogP contribution is -2.20. The Bertz CT molecular complexity index is 71.5. The molecule has 0 atom stereocenters. The Morgan fingerprint density at radius 1 is 1.08 bits per heavy atom. The van der Waals surface area contributed by atoms with E-state index < -0.39 is 0 Å². The summed E-state index contributed by atoms with van der Waals surface area (Å²) in [6.07, 6.45) is 0. The Kier molecular flexibility index (Phi) is 10.7. The fraction of sp³-hybridized carbons (Fsp3) is 1.00. The van der Waals surface area contributed by atoms with Crippen molar-refractivity contribution in [2.75, 3.05) is 46.1 Å². The van der Waals surface area contributed by atoms with Gasteiger partial charge >= 0.3 is 0 Å². The molecule has 74 valence electrons. The van der Waals surface area contributed by atoms with Gasteiger partial charge in [-0.05, 0) is 6.54 Å². The molecule has 0 aromatic carbocycles. The first-order chi connectivity index (χ1) is 5.91. The van der Waals surface area contributed by atoms with Gasteiger partial charge in [-0.1, -0.05) is 6.92 Å². The minimum atomic E-state index is 0.581. The van der Waals surface area contributed by atoms with Gasteiger partial charge in [0.05, 0.1) is 26.4 Å². The molecule has 0 amide bonds. The molecule has 0 aliphatic carbocycles. The quantitative estimate of drug-likeness (QED) is 0.469. The topological polar surface area (TPSA) is 56.5 Å². The molecular weight excluding hydrogens is 156 g/mol. The van der Waals surface area contributed by atoms with Crippen LogP contribution in [0.4, 0.5) is 0 Å². The minimum Gasteiger partial charge on any atom is -0.378 e.